The minimum Gasteiger partial charge on any atom is -0.479 e. The zero-order chi connectivity index (χ0) is 19.6. The van der Waals surface area contributed by atoms with E-state index in [1.165, 1.54) is 31.5 Å². The zero-order valence-corrected chi connectivity index (χ0v) is 15.8. The summed E-state index contributed by atoms with van der Waals surface area (Å²) in [6, 6.07) is -2.00. The van der Waals surface area contributed by atoms with Crippen LogP contribution in [0.2, 0.25) is 0 Å². The number of hydrogen-bond acceptors (Lipinski definition) is 5. The summed E-state index contributed by atoms with van der Waals surface area (Å²) in [5.41, 5.74) is -1.08. The first-order valence-electron chi connectivity index (χ1n) is 6.78. The van der Waals surface area contributed by atoms with E-state index in [-0.39, 0.29) is 14.9 Å². The zero-order valence-electron chi connectivity index (χ0n) is 13.4. The van der Waals surface area contributed by atoms with Crippen LogP contribution in [0.5, 0.6) is 0 Å². The van der Waals surface area contributed by atoms with Gasteiger partial charge in [0.25, 0.3) is 0 Å². The Hall–Kier alpha value is -1.62. The summed E-state index contributed by atoms with van der Waals surface area (Å²) in [6.07, 6.45) is -5.35. The molecule has 1 N–H and O–H groups in total. The number of carboxylic acids is 1. The number of esters is 1. The number of hydrogen-bond donors (Lipinski definition) is 1. The molecule has 25 heavy (non-hydrogen) atoms. The first-order valence-corrected chi connectivity index (χ1v) is 8.51. The molecule has 140 valence electrons. The van der Waals surface area contributed by atoms with Gasteiger partial charge < -0.3 is 14.7 Å². The van der Waals surface area contributed by atoms with Crippen LogP contribution in [0.15, 0.2) is 15.2 Å². The van der Waals surface area contributed by atoms with Crippen LogP contribution in [0.3, 0.4) is 0 Å². The Balaban J connectivity index is 3.29. The fraction of sp³-hybridized carbons (Fsp3) is 0.500. The van der Waals surface area contributed by atoms with Gasteiger partial charge in [-0.2, -0.15) is 24.5 Å². The smallest absolute Gasteiger partial charge is 0.471 e. The fourth-order valence-corrected chi connectivity index (χ4v) is 3.41. The van der Waals surface area contributed by atoms with Gasteiger partial charge in [-0.1, -0.05) is 0 Å². The van der Waals surface area contributed by atoms with Crippen molar-refractivity contribution in [3.63, 3.8) is 0 Å². The molecule has 11 heteroatoms. The van der Waals surface area contributed by atoms with Gasteiger partial charge in [0, 0.05) is 15.4 Å². The molecule has 1 aromatic heterocycles. The Morgan fingerprint density at radius 1 is 1.28 bits per heavy atom. The molecule has 0 spiro atoms. The van der Waals surface area contributed by atoms with Gasteiger partial charge in [-0.25, -0.2) is 4.79 Å². The molecule has 0 bridgehead atoms. The predicted molar refractivity (Wildman–Crippen MR) is 86.0 cm³/mol. The second-order valence-electron chi connectivity index (χ2n) is 5.93. The van der Waals surface area contributed by atoms with Crippen LogP contribution in [-0.2, 0) is 19.1 Å². The second kappa shape index (κ2) is 7.73. The Labute approximate surface area is 153 Å². The molecule has 1 atom stereocenters. The van der Waals surface area contributed by atoms with E-state index in [4.69, 9.17) is 4.74 Å². The van der Waals surface area contributed by atoms with Crippen molar-refractivity contribution < 1.29 is 37.4 Å². The highest BCUT2D eigenvalue weighted by Gasteiger charge is 2.48. The van der Waals surface area contributed by atoms with Crippen LogP contribution in [0.25, 0.3) is 0 Å². The van der Waals surface area contributed by atoms with Crippen molar-refractivity contribution in [2.75, 3.05) is 6.54 Å². The average Bonchev–Trinajstić information content (AvgIpc) is 2.79. The van der Waals surface area contributed by atoms with Crippen molar-refractivity contribution in [2.45, 2.75) is 38.6 Å². The lowest BCUT2D eigenvalue weighted by Crippen LogP contribution is -2.49. The fourth-order valence-electron chi connectivity index (χ4n) is 1.88. The van der Waals surface area contributed by atoms with E-state index in [1.807, 2.05) is 0 Å². The third kappa shape index (κ3) is 5.99. The van der Waals surface area contributed by atoms with Crippen LogP contribution in [0.1, 0.15) is 32.4 Å². The second-order valence-corrected chi connectivity index (χ2v) is 7.53. The van der Waals surface area contributed by atoms with Crippen molar-refractivity contribution in [3.8, 4) is 0 Å². The summed E-state index contributed by atoms with van der Waals surface area (Å²) in [5, 5.41) is 12.1. The maximum Gasteiger partial charge on any atom is 0.471 e. The minimum absolute atomic E-state index is 0.0524. The van der Waals surface area contributed by atoms with Gasteiger partial charge in [0.1, 0.15) is 12.1 Å². The van der Waals surface area contributed by atoms with Crippen molar-refractivity contribution in [1.29, 1.82) is 0 Å². The van der Waals surface area contributed by atoms with Gasteiger partial charge in [-0.3, -0.25) is 9.59 Å². The highest BCUT2D eigenvalue weighted by atomic mass is 79.9. The van der Waals surface area contributed by atoms with E-state index < -0.39 is 42.2 Å². The van der Waals surface area contributed by atoms with E-state index in [0.29, 0.717) is 0 Å². The molecule has 0 aliphatic rings. The molecule has 0 saturated carbocycles. The molecule has 1 heterocycles. The number of nitrogens with zero attached hydrogens (tertiary/aromatic N) is 1. The predicted octanol–water partition coefficient (Wildman–Crippen LogP) is 3.37. The van der Waals surface area contributed by atoms with E-state index >= 15 is 0 Å². The number of carboxylic acid groups (broad SMARTS) is 1. The first kappa shape index (κ1) is 21.4. The van der Waals surface area contributed by atoms with Gasteiger partial charge in [0.15, 0.2) is 6.04 Å². The molecule has 0 fully saturated rings. The molecular formula is C14H15BrF3NO5S. The average molecular weight is 446 g/mol. The summed E-state index contributed by atoms with van der Waals surface area (Å²) < 4.78 is 43.8. The molecule has 1 rings (SSSR count). The van der Waals surface area contributed by atoms with Crippen LogP contribution in [0, 0.1) is 0 Å². The number of halogens is 4. The number of aliphatic carboxylic acids is 1. The van der Waals surface area contributed by atoms with Gasteiger partial charge in [-0.15, -0.1) is 0 Å². The number of rotatable bonds is 5. The van der Waals surface area contributed by atoms with E-state index in [2.05, 4.69) is 15.9 Å². The summed E-state index contributed by atoms with van der Waals surface area (Å²) in [5.74, 6) is -5.30. The Morgan fingerprint density at radius 3 is 2.20 bits per heavy atom. The maximum atomic E-state index is 12.9. The molecule has 0 radical (unpaired) electrons. The lowest BCUT2D eigenvalue weighted by Gasteiger charge is -2.30. The van der Waals surface area contributed by atoms with Gasteiger partial charge >= 0.3 is 24.0 Å². The van der Waals surface area contributed by atoms with E-state index in [1.54, 1.807) is 0 Å². The molecule has 0 aliphatic heterocycles. The van der Waals surface area contributed by atoms with Gasteiger partial charge in [0.05, 0.1) is 0 Å². The number of ether oxygens (including phenoxy) is 1. The van der Waals surface area contributed by atoms with Crippen molar-refractivity contribution in [3.05, 3.63) is 20.8 Å². The number of alkyl halides is 3. The SMILES string of the molecule is CC(C)(C)OC(=O)CN(C(=O)C(F)(F)F)C(C(=O)O)c1cscc1Br. The lowest BCUT2D eigenvalue weighted by atomic mass is 10.1. The molecule has 6 nitrogen and oxygen atoms in total. The molecule has 0 aromatic carbocycles. The van der Waals surface area contributed by atoms with Crippen LogP contribution in [0.4, 0.5) is 13.2 Å². The normalized spacial score (nSPS) is 13.2. The first-order chi connectivity index (χ1) is 11.2. The molecule has 1 amide bonds. The Morgan fingerprint density at radius 2 is 1.84 bits per heavy atom. The number of carbonyl (C=O) groups excluding carboxylic acids is 2. The van der Waals surface area contributed by atoms with Gasteiger partial charge in [-0.05, 0) is 42.1 Å². The third-order valence-corrected chi connectivity index (χ3v) is 4.46. The highest BCUT2D eigenvalue weighted by Crippen LogP contribution is 2.34. The van der Waals surface area contributed by atoms with Crippen molar-refractivity contribution in [1.82, 2.24) is 4.90 Å². The summed E-state index contributed by atoms with van der Waals surface area (Å²) >= 11 is 4.06. The summed E-state index contributed by atoms with van der Waals surface area (Å²) in [4.78, 5) is 35.1. The van der Waals surface area contributed by atoms with Gasteiger partial charge in [0.2, 0.25) is 0 Å². The highest BCUT2D eigenvalue weighted by molar-refractivity contribution is 9.10. The number of thiophene rings is 1. The molecule has 1 unspecified atom stereocenters. The number of amides is 1. The monoisotopic (exact) mass is 445 g/mol. The van der Waals surface area contributed by atoms with Crippen molar-refractivity contribution >= 4 is 45.1 Å². The van der Waals surface area contributed by atoms with Crippen LogP contribution < -0.4 is 0 Å². The summed E-state index contributed by atoms with van der Waals surface area (Å²) in [7, 11) is 0. The number of carbonyl (C=O) groups is 3. The standard InChI is InChI=1S/C14H15BrF3NO5S/c1-13(2,3)24-9(20)4-19(12(23)14(16,17)18)10(11(21)22)7-5-25-6-8(7)15/h5-6,10H,4H2,1-3H3,(H,21,22). The molecule has 0 aliphatic carbocycles. The minimum atomic E-state index is -5.35. The van der Waals surface area contributed by atoms with Crippen LogP contribution in [-0.4, -0.2) is 46.2 Å². The molecule has 1 aromatic rings. The molecular weight excluding hydrogens is 431 g/mol. The quantitative estimate of drug-likeness (QED) is 0.702. The molecule has 0 saturated heterocycles. The van der Waals surface area contributed by atoms with Crippen LogP contribution >= 0.6 is 27.3 Å². The Bertz CT molecular complexity index is 668. The maximum absolute atomic E-state index is 12.9. The van der Waals surface area contributed by atoms with Crippen molar-refractivity contribution in [2.24, 2.45) is 0 Å². The Kier molecular flexibility index (Phi) is 6.62. The largest absolute Gasteiger partial charge is 0.479 e. The van der Waals surface area contributed by atoms with E-state index in [9.17, 15) is 32.7 Å². The lowest BCUT2D eigenvalue weighted by molar-refractivity contribution is -0.192. The topological polar surface area (TPSA) is 83.9 Å². The third-order valence-electron chi connectivity index (χ3n) is 2.71. The summed E-state index contributed by atoms with van der Waals surface area (Å²) in [6.45, 7) is 3.32. The van der Waals surface area contributed by atoms with E-state index in [0.717, 1.165) is 11.3 Å².